The molecule has 0 aliphatic carbocycles. The van der Waals surface area contributed by atoms with Crippen LogP contribution in [0.1, 0.15) is 0 Å². The Morgan fingerprint density at radius 1 is 1.31 bits per heavy atom. The number of aromatic nitrogens is 3. The predicted octanol–water partition coefficient (Wildman–Crippen LogP) is 2.94. The van der Waals surface area contributed by atoms with E-state index in [1.165, 1.54) is 11.8 Å². The largest absolute Gasteiger partial charge is 0.349 e. The number of fused-ring (bicyclic) bond motifs is 1. The van der Waals surface area contributed by atoms with Crippen molar-refractivity contribution in [3.63, 3.8) is 0 Å². The van der Waals surface area contributed by atoms with E-state index in [1.807, 2.05) is 36.6 Å². The van der Waals surface area contributed by atoms with Gasteiger partial charge >= 0.3 is 0 Å². The zero-order valence-electron chi connectivity index (χ0n) is 8.60. The van der Waals surface area contributed by atoms with Gasteiger partial charge in [0.1, 0.15) is 5.69 Å². The van der Waals surface area contributed by atoms with Crippen molar-refractivity contribution in [2.45, 2.75) is 5.09 Å². The molecule has 0 unspecified atom stereocenters. The topological polar surface area (TPSA) is 54.7 Å². The maximum Gasteiger partial charge on any atom is 0.193 e. The van der Waals surface area contributed by atoms with Gasteiger partial charge in [-0.05, 0) is 18.4 Å². The van der Waals surface area contributed by atoms with Crippen molar-refractivity contribution in [1.29, 1.82) is 0 Å². The monoisotopic (exact) mass is 231 g/mol. The van der Waals surface area contributed by atoms with Crippen LogP contribution in [0.2, 0.25) is 0 Å². The second-order valence-corrected chi connectivity index (χ2v) is 4.15. The Balaban J connectivity index is 2.11. The minimum Gasteiger partial charge on any atom is -0.349 e. The molecule has 0 saturated heterocycles. The highest BCUT2D eigenvalue weighted by Gasteiger charge is 2.09. The number of H-pyrrole nitrogens is 1. The highest BCUT2D eigenvalue weighted by atomic mass is 32.2. The van der Waals surface area contributed by atoms with E-state index in [-0.39, 0.29) is 0 Å². The fraction of sp³-hybridized carbons (Fsp3) is 0.0909. The lowest BCUT2D eigenvalue weighted by Crippen LogP contribution is -1.77. The van der Waals surface area contributed by atoms with E-state index in [0.29, 0.717) is 0 Å². The molecule has 1 N–H and O–H groups in total. The standard InChI is InChI=1S/C11H9N3OS/c1-16-10-6-9(14-15-10)11-12-7-4-2-3-5-8(7)13-11/h2-6H,1H3,(H,12,13). The van der Waals surface area contributed by atoms with Gasteiger partial charge in [0.15, 0.2) is 10.9 Å². The van der Waals surface area contributed by atoms with Crippen molar-refractivity contribution >= 4 is 22.8 Å². The van der Waals surface area contributed by atoms with Crippen molar-refractivity contribution in [1.82, 2.24) is 15.1 Å². The molecule has 0 radical (unpaired) electrons. The van der Waals surface area contributed by atoms with Crippen molar-refractivity contribution in [2.24, 2.45) is 0 Å². The van der Waals surface area contributed by atoms with E-state index < -0.39 is 0 Å². The number of rotatable bonds is 2. The number of nitrogens with zero attached hydrogens (tertiary/aromatic N) is 2. The number of hydrogen-bond acceptors (Lipinski definition) is 4. The van der Waals surface area contributed by atoms with Gasteiger partial charge in [0.25, 0.3) is 0 Å². The molecule has 2 aromatic heterocycles. The molecule has 0 spiro atoms. The van der Waals surface area contributed by atoms with Crippen LogP contribution in [-0.2, 0) is 0 Å². The van der Waals surface area contributed by atoms with E-state index in [4.69, 9.17) is 4.52 Å². The van der Waals surface area contributed by atoms with Crippen molar-refractivity contribution in [3.05, 3.63) is 30.3 Å². The first-order valence-corrected chi connectivity index (χ1v) is 6.05. The maximum atomic E-state index is 5.12. The Morgan fingerprint density at radius 2 is 2.19 bits per heavy atom. The highest BCUT2D eigenvalue weighted by molar-refractivity contribution is 7.98. The molecule has 3 rings (SSSR count). The number of nitrogens with one attached hydrogen (secondary N) is 1. The molecule has 0 atom stereocenters. The summed E-state index contributed by atoms with van der Waals surface area (Å²) in [6.45, 7) is 0. The van der Waals surface area contributed by atoms with Crippen molar-refractivity contribution in [2.75, 3.05) is 6.26 Å². The van der Waals surface area contributed by atoms with E-state index >= 15 is 0 Å². The van der Waals surface area contributed by atoms with Crippen LogP contribution in [0, 0.1) is 0 Å². The quantitative estimate of drug-likeness (QED) is 0.689. The zero-order valence-corrected chi connectivity index (χ0v) is 9.41. The number of hydrogen-bond donors (Lipinski definition) is 1. The minimum absolute atomic E-state index is 0.737. The van der Waals surface area contributed by atoms with E-state index in [1.54, 1.807) is 0 Å². The average Bonchev–Trinajstić information content (AvgIpc) is 2.95. The van der Waals surface area contributed by atoms with Gasteiger partial charge in [-0.15, -0.1) is 0 Å². The third kappa shape index (κ3) is 1.49. The summed E-state index contributed by atoms with van der Waals surface area (Å²) < 4.78 is 5.12. The average molecular weight is 231 g/mol. The molecule has 5 heteroatoms. The van der Waals surface area contributed by atoms with Crippen LogP contribution in [0.25, 0.3) is 22.6 Å². The van der Waals surface area contributed by atoms with Crippen LogP contribution < -0.4 is 0 Å². The third-order valence-corrected chi connectivity index (χ3v) is 2.92. The maximum absolute atomic E-state index is 5.12. The predicted molar refractivity (Wildman–Crippen MR) is 63.4 cm³/mol. The second-order valence-electron chi connectivity index (χ2n) is 3.34. The highest BCUT2D eigenvalue weighted by Crippen LogP contribution is 2.23. The molecular weight excluding hydrogens is 222 g/mol. The summed E-state index contributed by atoms with van der Waals surface area (Å²) in [6, 6.07) is 9.76. The van der Waals surface area contributed by atoms with Crippen LogP contribution in [-0.4, -0.2) is 21.4 Å². The van der Waals surface area contributed by atoms with Gasteiger partial charge in [0, 0.05) is 6.07 Å². The fourth-order valence-corrected chi connectivity index (χ4v) is 1.88. The van der Waals surface area contributed by atoms with E-state index in [0.717, 1.165) is 27.6 Å². The Labute approximate surface area is 96.1 Å². The van der Waals surface area contributed by atoms with Gasteiger partial charge in [0.2, 0.25) is 0 Å². The van der Waals surface area contributed by atoms with E-state index in [2.05, 4.69) is 15.1 Å². The summed E-state index contributed by atoms with van der Waals surface area (Å²) in [6.07, 6.45) is 1.95. The lowest BCUT2D eigenvalue weighted by atomic mass is 10.3. The number of imidazole rings is 1. The Morgan fingerprint density at radius 3 is 2.94 bits per heavy atom. The summed E-state index contributed by atoms with van der Waals surface area (Å²) in [5.74, 6) is 0.741. The van der Waals surface area contributed by atoms with Gasteiger partial charge < -0.3 is 9.51 Å². The number of aromatic amines is 1. The second kappa shape index (κ2) is 3.68. The number of benzene rings is 1. The molecule has 0 aliphatic rings. The summed E-state index contributed by atoms with van der Waals surface area (Å²) in [7, 11) is 0. The first-order chi connectivity index (χ1) is 7.86. The molecule has 80 valence electrons. The first kappa shape index (κ1) is 9.47. The molecule has 3 aromatic rings. The van der Waals surface area contributed by atoms with Crippen LogP contribution in [0.3, 0.4) is 0 Å². The molecule has 0 bridgehead atoms. The van der Waals surface area contributed by atoms with Gasteiger partial charge in [-0.1, -0.05) is 29.1 Å². The number of para-hydroxylation sites is 2. The normalized spacial score (nSPS) is 11.1. The van der Waals surface area contributed by atoms with Crippen LogP contribution in [0.5, 0.6) is 0 Å². The minimum atomic E-state index is 0.737. The molecular formula is C11H9N3OS. The van der Waals surface area contributed by atoms with Gasteiger partial charge in [-0.25, -0.2) is 4.98 Å². The first-order valence-electron chi connectivity index (χ1n) is 4.82. The summed E-state index contributed by atoms with van der Waals surface area (Å²) in [5.41, 5.74) is 2.68. The van der Waals surface area contributed by atoms with Gasteiger partial charge in [-0.3, -0.25) is 0 Å². The smallest absolute Gasteiger partial charge is 0.193 e. The zero-order chi connectivity index (χ0) is 11.0. The Bertz CT molecular complexity index is 596. The SMILES string of the molecule is CSc1cc(-c2nc3ccccc3[nH]2)no1. The lowest BCUT2D eigenvalue weighted by Gasteiger charge is -1.83. The molecule has 0 amide bonds. The lowest BCUT2D eigenvalue weighted by molar-refractivity contribution is 0.351. The summed E-state index contributed by atoms with van der Waals surface area (Å²) in [4.78, 5) is 7.65. The fourth-order valence-electron chi connectivity index (χ4n) is 1.54. The summed E-state index contributed by atoms with van der Waals surface area (Å²) >= 11 is 1.52. The molecule has 0 saturated carbocycles. The molecule has 1 aromatic carbocycles. The molecule has 0 fully saturated rings. The Hall–Kier alpha value is -1.75. The summed E-state index contributed by atoms with van der Waals surface area (Å²) in [5, 5.41) is 4.75. The molecule has 2 heterocycles. The van der Waals surface area contributed by atoms with E-state index in [9.17, 15) is 0 Å². The van der Waals surface area contributed by atoms with Gasteiger partial charge in [0.05, 0.1) is 11.0 Å². The van der Waals surface area contributed by atoms with Crippen molar-refractivity contribution in [3.8, 4) is 11.5 Å². The molecule has 0 aliphatic heterocycles. The van der Waals surface area contributed by atoms with Crippen LogP contribution >= 0.6 is 11.8 Å². The number of thioether (sulfide) groups is 1. The molecule has 16 heavy (non-hydrogen) atoms. The van der Waals surface area contributed by atoms with Crippen LogP contribution in [0.15, 0.2) is 39.9 Å². The third-order valence-electron chi connectivity index (χ3n) is 2.32. The van der Waals surface area contributed by atoms with Crippen molar-refractivity contribution < 1.29 is 4.52 Å². The molecule has 4 nitrogen and oxygen atoms in total. The Kier molecular flexibility index (Phi) is 2.18. The van der Waals surface area contributed by atoms with Crippen LogP contribution in [0.4, 0.5) is 0 Å². The van der Waals surface area contributed by atoms with Gasteiger partial charge in [-0.2, -0.15) is 0 Å².